The van der Waals surface area contributed by atoms with E-state index >= 15 is 4.39 Å². The van der Waals surface area contributed by atoms with Gasteiger partial charge in [-0.3, -0.25) is 9.59 Å². The number of rotatable bonds is 4. The van der Waals surface area contributed by atoms with Crippen molar-refractivity contribution in [3.63, 3.8) is 0 Å². The van der Waals surface area contributed by atoms with E-state index in [1.807, 2.05) is 13.8 Å². The Bertz CT molecular complexity index is 900. The molecule has 3 N–H and O–H groups in total. The number of benzene rings is 1. The zero-order valence-corrected chi connectivity index (χ0v) is 15.9. The minimum absolute atomic E-state index is 0.116. The van der Waals surface area contributed by atoms with Gasteiger partial charge in [-0.25, -0.2) is 13.4 Å². The Hall–Kier alpha value is -2.36. The van der Waals surface area contributed by atoms with Gasteiger partial charge in [0.2, 0.25) is 5.91 Å². The molecule has 0 radical (unpaired) electrons. The molecule has 2 aliphatic rings. The van der Waals surface area contributed by atoms with E-state index in [9.17, 15) is 23.1 Å². The molecule has 3 rings (SSSR count). The monoisotopic (exact) mass is 399 g/mol. The number of halogens is 1. The molecule has 1 heterocycles. The molecule has 1 fully saturated rings. The summed E-state index contributed by atoms with van der Waals surface area (Å²) in [7, 11) is -4.24. The smallest absolute Gasteiger partial charge is 0.326 e. The van der Waals surface area contributed by atoms with Gasteiger partial charge in [0.25, 0.3) is 5.91 Å². The number of anilines is 1. The minimum Gasteiger partial charge on any atom is -0.506 e. The fourth-order valence-corrected chi connectivity index (χ4v) is 4.67. The summed E-state index contributed by atoms with van der Waals surface area (Å²) in [5, 5.41) is 13.1. The van der Waals surface area contributed by atoms with Crippen molar-refractivity contribution < 1.29 is 27.5 Å². The van der Waals surface area contributed by atoms with E-state index in [4.69, 9.17) is 0 Å². The summed E-state index contributed by atoms with van der Waals surface area (Å²) in [5.41, 5.74) is 0.277. The van der Waals surface area contributed by atoms with Crippen LogP contribution in [0.1, 0.15) is 37.8 Å². The first-order chi connectivity index (χ1) is 12.6. The Labute approximate surface area is 156 Å². The summed E-state index contributed by atoms with van der Waals surface area (Å²) in [6.45, 7) is 3.26. The van der Waals surface area contributed by atoms with Gasteiger partial charge in [0.05, 0.1) is 0 Å². The maximum atomic E-state index is 15.1. The number of carbonyl (C=O) groups excluding carboxylic acids is 2. The van der Waals surface area contributed by atoms with Crippen LogP contribution in [0.5, 0.6) is 5.75 Å². The summed E-state index contributed by atoms with van der Waals surface area (Å²) >= 11 is 0. The third-order valence-corrected chi connectivity index (χ3v) is 6.03. The van der Waals surface area contributed by atoms with Gasteiger partial charge in [-0.1, -0.05) is 13.8 Å². The van der Waals surface area contributed by atoms with Crippen molar-refractivity contribution in [2.45, 2.75) is 45.6 Å². The Balaban J connectivity index is 1.90. The summed E-state index contributed by atoms with van der Waals surface area (Å²) in [6, 6.07) is 1.06. The van der Waals surface area contributed by atoms with Crippen molar-refractivity contribution in [3.8, 4) is 5.75 Å². The van der Waals surface area contributed by atoms with E-state index in [2.05, 4.69) is 5.32 Å². The minimum atomic E-state index is -4.24. The van der Waals surface area contributed by atoms with Crippen LogP contribution >= 0.6 is 0 Å². The fourth-order valence-electron chi connectivity index (χ4n) is 3.50. The maximum Gasteiger partial charge on any atom is 0.326 e. The van der Waals surface area contributed by atoms with Crippen LogP contribution in [0.3, 0.4) is 0 Å². The number of hydrogen-bond donors (Lipinski definition) is 3. The molecule has 0 bridgehead atoms. The van der Waals surface area contributed by atoms with Crippen molar-refractivity contribution in [3.05, 3.63) is 23.0 Å². The van der Waals surface area contributed by atoms with Crippen LogP contribution in [0.15, 0.2) is 6.07 Å². The quantitative estimate of drug-likeness (QED) is 0.690. The Morgan fingerprint density at radius 1 is 1.48 bits per heavy atom. The van der Waals surface area contributed by atoms with Crippen molar-refractivity contribution in [1.82, 2.24) is 10.0 Å². The fraction of sp³-hybridized carbons (Fsp3) is 0.529. The number of amides is 2. The number of aryl methyl sites for hydroxylation is 1. The molecule has 10 heteroatoms. The lowest BCUT2D eigenvalue weighted by Crippen LogP contribution is -2.39. The highest BCUT2D eigenvalue weighted by atomic mass is 32.2. The highest BCUT2D eigenvalue weighted by molar-refractivity contribution is 7.92. The van der Waals surface area contributed by atoms with Gasteiger partial charge in [-0.05, 0) is 42.4 Å². The van der Waals surface area contributed by atoms with E-state index in [1.54, 1.807) is 4.72 Å². The molecule has 0 aromatic heterocycles. The average molecular weight is 399 g/mol. The molecule has 148 valence electrons. The van der Waals surface area contributed by atoms with Crippen molar-refractivity contribution in [1.29, 1.82) is 0 Å². The molecule has 1 aliphatic carbocycles. The van der Waals surface area contributed by atoms with Gasteiger partial charge in [-0.2, -0.15) is 8.42 Å². The summed E-state index contributed by atoms with van der Waals surface area (Å²) in [4.78, 5) is 23.4. The third kappa shape index (κ3) is 3.85. The molecule has 8 nitrogen and oxygen atoms in total. The second-order valence-corrected chi connectivity index (χ2v) is 8.93. The van der Waals surface area contributed by atoms with Crippen LogP contribution in [-0.4, -0.2) is 37.9 Å². The van der Waals surface area contributed by atoms with Crippen molar-refractivity contribution >= 4 is 27.7 Å². The molecule has 0 spiro atoms. The van der Waals surface area contributed by atoms with Crippen LogP contribution in [-0.2, 0) is 32.6 Å². The van der Waals surface area contributed by atoms with Crippen LogP contribution in [0.2, 0.25) is 0 Å². The van der Waals surface area contributed by atoms with E-state index in [-0.39, 0.29) is 29.9 Å². The highest BCUT2D eigenvalue weighted by Crippen LogP contribution is 2.39. The maximum absolute atomic E-state index is 15.1. The van der Waals surface area contributed by atoms with Crippen LogP contribution < -0.4 is 14.3 Å². The number of fused-ring (bicyclic) bond motifs is 1. The van der Waals surface area contributed by atoms with Crippen molar-refractivity contribution in [2.75, 3.05) is 10.8 Å². The molecule has 1 aliphatic heterocycles. The lowest BCUT2D eigenvalue weighted by atomic mass is 9.87. The first kappa shape index (κ1) is 19.4. The Morgan fingerprint density at radius 2 is 2.19 bits per heavy atom. The molecule has 0 saturated carbocycles. The second kappa shape index (κ2) is 6.99. The van der Waals surface area contributed by atoms with Crippen molar-refractivity contribution in [2.24, 2.45) is 5.92 Å². The number of nitrogens with zero attached hydrogens (tertiary/aromatic N) is 1. The third-order valence-electron chi connectivity index (χ3n) is 4.66. The number of nitrogens with one attached hydrogen (secondary N) is 2. The largest absolute Gasteiger partial charge is 0.506 e. The normalized spacial score (nSPS) is 21.1. The molecule has 1 unspecified atom stereocenters. The van der Waals surface area contributed by atoms with E-state index in [1.165, 1.54) is 6.07 Å². The average Bonchev–Trinajstić information content (AvgIpc) is 2.79. The van der Waals surface area contributed by atoms with E-state index in [0.717, 1.165) is 0 Å². The topological polar surface area (TPSA) is 116 Å². The molecule has 1 atom stereocenters. The Morgan fingerprint density at radius 3 is 2.78 bits per heavy atom. The highest BCUT2D eigenvalue weighted by Gasteiger charge is 2.39. The zero-order valence-electron chi connectivity index (χ0n) is 15.1. The summed E-state index contributed by atoms with van der Waals surface area (Å²) in [6.07, 6.45) is 1.59. The molecule has 1 aromatic carbocycles. The molecule has 2 amide bonds. The molecule has 1 saturated heterocycles. The second-order valence-electron chi connectivity index (χ2n) is 7.34. The zero-order chi connectivity index (χ0) is 19.9. The summed E-state index contributed by atoms with van der Waals surface area (Å²) < 4.78 is 41.5. The number of phenolic OH excluding ortho intramolecular Hbond substituents is 1. The van der Waals surface area contributed by atoms with Gasteiger partial charge in [0, 0.05) is 12.5 Å². The number of carbonyl (C=O) groups is 2. The molecular weight excluding hydrogens is 377 g/mol. The van der Waals surface area contributed by atoms with Crippen LogP contribution in [0.25, 0.3) is 0 Å². The van der Waals surface area contributed by atoms with Gasteiger partial charge in [-0.15, -0.1) is 0 Å². The summed E-state index contributed by atoms with van der Waals surface area (Å²) in [5.74, 6) is -2.13. The van der Waals surface area contributed by atoms with Crippen LogP contribution in [0.4, 0.5) is 10.1 Å². The SMILES string of the molecule is CC(C)CC(=O)NC1CCc2cc(O)c(N3CC(=O)NS3(=O)=O)c(F)c2C1. The first-order valence-electron chi connectivity index (χ1n) is 8.74. The first-order valence-corrected chi connectivity index (χ1v) is 10.2. The lowest BCUT2D eigenvalue weighted by Gasteiger charge is -2.28. The molecule has 27 heavy (non-hydrogen) atoms. The number of aromatic hydroxyl groups is 1. The van der Waals surface area contributed by atoms with Gasteiger partial charge < -0.3 is 10.4 Å². The predicted molar refractivity (Wildman–Crippen MR) is 95.9 cm³/mol. The van der Waals surface area contributed by atoms with E-state index < -0.39 is 39.9 Å². The number of phenols is 1. The predicted octanol–water partition coefficient (Wildman–Crippen LogP) is 0.732. The standard InChI is InChI=1S/C17H22FN3O5S/c1-9(2)5-14(23)19-11-4-3-10-6-13(22)17(16(18)12(10)7-11)21-8-15(24)20-27(21,25)26/h6,9,11,22H,3-5,7-8H2,1-2H3,(H,19,23)(H,20,24). The lowest BCUT2D eigenvalue weighted by molar-refractivity contribution is -0.122. The molecular formula is C17H22FN3O5S. The number of hydrogen-bond acceptors (Lipinski definition) is 5. The molecule has 1 aromatic rings. The van der Waals surface area contributed by atoms with E-state index in [0.29, 0.717) is 29.1 Å². The Kier molecular flexibility index (Phi) is 5.02. The van der Waals surface area contributed by atoms with Gasteiger partial charge >= 0.3 is 10.2 Å². The van der Waals surface area contributed by atoms with Crippen LogP contribution in [0, 0.1) is 11.7 Å². The van der Waals surface area contributed by atoms with Gasteiger partial charge in [0.1, 0.15) is 18.0 Å². The van der Waals surface area contributed by atoms with Gasteiger partial charge in [0.15, 0.2) is 5.82 Å².